The number of aromatic nitrogens is 2. The van der Waals surface area contributed by atoms with Gasteiger partial charge < -0.3 is 9.64 Å². The van der Waals surface area contributed by atoms with Gasteiger partial charge in [-0.3, -0.25) is 9.89 Å². The van der Waals surface area contributed by atoms with Gasteiger partial charge in [-0.15, -0.1) is 0 Å². The second-order valence-corrected chi connectivity index (χ2v) is 7.83. The molecule has 1 N–H and O–H groups in total. The molecule has 0 aliphatic carbocycles. The molecule has 1 amide bonds. The topological polar surface area (TPSA) is 92.4 Å². The minimum absolute atomic E-state index is 0.0291. The number of aromatic amines is 1. The van der Waals surface area contributed by atoms with Crippen LogP contribution < -0.4 is 4.74 Å². The Hall–Kier alpha value is -2.35. The molecule has 0 spiro atoms. The molecule has 8 heteroatoms. The number of ether oxygens (including phenoxy) is 1. The molecule has 1 aliphatic heterocycles. The number of rotatable bonds is 5. The maximum atomic E-state index is 12.3. The molecule has 0 bridgehead atoms. The summed E-state index contributed by atoms with van der Waals surface area (Å²) in [6.07, 6.45) is 3.18. The zero-order valence-electron chi connectivity index (χ0n) is 13.3. The fraction of sp³-hybridized carbons (Fsp3) is 0.375. The van der Waals surface area contributed by atoms with Crippen LogP contribution >= 0.6 is 0 Å². The van der Waals surface area contributed by atoms with E-state index in [4.69, 9.17) is 4.74 Å². The number of sulfone groups is 1. The first kappa shape index (κ1) is 16.5. The number of carbonyl (C=O) groups is 1. The summed E-state index contributed by atoms with van der Waals surface area (Å²) in [7, 11) is -3.33. The fourth-order valence-electron chi connectivity index (χ4n) is 2.85. The summed E-state index contributed by atoms with van der Waals surface area (Å²) >= 11 is 0. The quantitative estimate of drug-likeness (QED) is 0.876. The molecule has 7 nitrogen and oxygen atoms in total. The van der Waals surface area contributed by atoms with Crippen LogP contribution in [-0.4, -0.2) is 55.4 Å². The number of amides is 1. The van der Waals surface area contributed by atoms with Crippen LogP contribution in [0.25, 0.3) is 0 Å². The molecule has 2 heterocycles. The van der Waals surface area contributed by atoms with Crippen LogP contribution in [-0.2, 0) is 14.6 Å². The Labute approximate surface area is 140 Å². The molecular formula is C16H19N3O4S. The summed E-state index contributed by atoms with van der Waals surface area (Å²) in [6, 6.07) is 9.16. The number of hydrogen-bond donors (Lipinski definition) is 1. The van der Waals surface area contributed by atoms with Crippen molar-refractivity contribution in [3.05, 3.63) is 42.2 Å². The normalized spacial score (nSPS) is 17.9. The minimum Gasteiger partial charge on any atom is -0.484 e. The summed E-state index contributed by atoms with van der Waals surface area (Å²) in [5.41, 5.74) is 0.580. The standard InChI is InChI=1S/C16H19N3O4S/c1-24(21,22)14-9-17-18-16(14)12-7-8-19(10-12)15(20)11-23-13-5-3-2-4-6-13/h2-6,9,12H,7-8,10-11H2,1H3,(H,17,18)/t12-/m0/s1. The lowest BCUT2D eigenvalue weighted by molar-refractivity contribution is -0.132. The van der Waals surface area contributed by atoms with E-state index in [2.05, 4.69) is 10.2 Å². The maximum Gasteiger partial charge on any atom is 0.260 e. The number of para-hydroxylation sites is 1. The van der Waals surface area contributed by atoms with E-state index >= 15 is 0 Å². The van der Waals surface area contributed by atoms with Crippen LogP contribution in [0.3, 0.4) is 0 Å². The Morgan fingerprint density at radius 2 is 2.12 bits per heavy atom. The lowest BCUT2D eigenvalue weighted by atomic mass is 10.1. The molecule has 1 aromatic carbocycles. The van der Waals surface area contributed by atoms with E-state index in [9.17, 15) is 13.2 Å². The van der Waals surface area contributed by atoms with Gasteiger partial charge in [0.25, 0.3) is 5.91 Å². The van der Waals surface area contributed by atoms with Gasteiger partial charge in [-0.1, -0.05) is 18.2 Å². The van der Waals surface area contributed by atoms with Crippen molar-refractivity contribution in [3.63, 3.8) is 0 Å². The van der Waals surface area contributed by atoms with Gasteiger partial charge in [0, 0.05) is 25.3 Å². The van der Waals surface area contributed by atoms with E-state index in [-0.39, 0.29) is 23.3 Å². The van der Waals surface area contributed by atoms with E-state index in [1.54, 1.807) is 17.0 Å². The third-order valence-corrected chi connectivity index (χ3v) is 5.21. The molecule has 0 unspecified atom stereocenters. The van der Waals surface area contributed by atoms with Gasteiger partial charge >= 0.3 is 0 Å². The SMILES string of the molecule is CS(=O)(=O)c1cn[nH]c1[C@H]1CCN(C(=O)COc2ccccc2)C1. The summed E-state index contributed by atoms with van der Waals surface area (Å²) in [5, 5.41) is 6.62. The van der Waals surface area contributed by atoms with E-state index < -0.39 is 9.84 Å². The summed E-state index contributed by atoms with van der Waals surface area (Å²) in [5.74, 6) is 0.481. The molecule has 0 radical (unpaired) electrons. The highest BCUT2D eigenvalue weighted by molar-refractivity contribution is 7.90. The average molecular weight is 349 g/mol. The molecule has 2 aromatic rings. The molecule has 1 saturated heterocycles. The first-order valence-corrected chi connectivity index (χ1v) is 9.53. The molecule has 128 valence electrons. The molecule has 1 atom stereocenters. The van der Waals surface area contributed by atoms with Gasteiger partial charge in [0.15, 0.2) is 16.4 Å². The number of nitrogens with zero attached hydrogens (tertiary/aromatic N) is 2. The lowest BCUT2D eigenvalue weighted by Crippen LogP contribution is -2.33. The number of likely N-dealkylation sites (tertiary alicyclic amines) is 1. The average Bonchev–Trinajstić information content (AvgIpc) is 3.21. The van der Waals surface area contributed by atoms with Gasteiger partial charge in [0.1, 0.15) is 10.6 Å². The molecule has 1 aromatic heterocycles. The van der Waals surface area contributed by atoms with Gasteiger partial charge in [0.05, 0.1) is 11.9 Å². The van der Waals surface area contributed by atoms with Crippen molar-refractivity contribution in [3.8, 4) is 5.75 Å². The Morgan fingerprint density at radius 1 is 1.38 bits per heavy atom. The largest absolute Gasteiger partial charge is 0.484 e. The predicted molar refractivity (Wildman–Crippen MR) is 87.6 cm³/mol. The second-order valence-electron chi connectivity index (χ2n) is 5.85. The molecule has 1 fully saturated rings. The van der Waals surface area contributed by atoms with E-state index in [0.29, 0.717) is 31.0 Å². The Bertz CT molecular complexity index is 817. The minimum atomic E-state index is -3.33. The van der Waals surface area contributed by atoms with Crippen molar-refractivity contribution in [2.75, 3.05) is 26.0 Å². The first-order chi connectivity index (χ1) is 11.4. The van der Waals surface area contributed by atoms with Crippen LogP contribution in [0, 0.1) is 0 Å². The molecule has 3 rings (SSSR count). The van der Waals surface area contributed by atoms with Crippen LogP contribution in [0.5, 0.6) is 5.75 Å². The predicted octanol–water partition coefficient (Wildman–Crippen LogP) is 1.21. The summed E-state index contributed by atoms with van der Waals surface area (Å²) in [6.45, 7) is 1.00. The van der Waals surface area contributed by atoms with Crippen molar-refractivity contribution in [2.24, 2.45) is 0 Å². The highest BCUT2D eigenvalue weighted by atomic mass is 32.2. The zero-order chi connectivity index (χ0) is 17.2. The number of H-pyrrole nitrogens is 1. The highest BCUT2D eigenvalue weighted by Gasteiger charge is 2.31. The smallest absolute Gasteiger partial charge is 0.260 e. The lowest BCUT2D eigenvalue weighted by Gasteiger charge is -2.17. The zero-order valence-corrected chi connectivity index (χ0v) is 14.1. The third kappa shape index (κ3) is 3.59. The van der Waals surface area contributed by atoms with E-state index in [0.717, 1.165) is 6.26 Å². The van der Waals surface area contributed by atoms with Crippen molar-refractivity contribution >= 4 is 15.7 Å². The Kier molecular flexibility index (Phi) is 4.57. The van der Waals surface area contributed by atoms with Crippen LogP contribution in [0.1, 0.15) is 18.0 Å². The van der Waals surface area contributed by atoms with Crippen LogP contribution in [0.15, 0.2) is 41.4 Å². The summed E-state index contributed by atoms with van der Waals surface area (Å²) < 4.78 is 29.0. The van der Waals surface area contributed by atoms with Crippen LogP contribution in [0.4, 0.5) is 0 Å². The van der Waals surface area contributed by atoms with Crippen LogP contribution in [0.2, 0.25) is 0 Å². The molecule has 1 aliphatic rings. The fourth-order valence-corrected chi connectivity index (χ4v) is 3.70. The monoisotopic (exact) mass is 349 g/mol. The van der Waals surface area contributed by atoms with Gasteiger partial charge in [-0.25, -0.2) is 8.42 Å². The van der Waals surface area contributed by atoms with Crippen molar-refractivity contribution in [1.82, 2.24) is 15.1 Å². The third-order valence-electron chi connectivity index (χ3n) is 4.09. The highest BCUT2D eigenvalue weighted by Crippen LogP contribution is 2.30. The molecule has 0 saturated carbocycles. The number of benzene rings is 1. The number of hydrogen-bond acceptors (Lipinski definition) is 5. The second kappa shape index (κ2) is 6.64. The Morgan fingerprint density at radius 3 is 2.83 bits per heavy atom. The maximum absolute atomic E-state index is 12.3. The van der Waals surface area contributed by atoms with Gasteiger partial charge in [-0.2, -0.15) is 5.10 Å². The van der Waals surface area contributed by atoms with Crippen molar-refractivity contribution < 1.29 is 17.9 Å². The van der Waals surface area contributed by atoms with Gasteiger partial charge in [-0.05, 0) is 18.6 Å². The first-order valence-electron chi connectivity index (χ1n) is 7.64. The Balaban J connectivity index is 1.61. The molecular weight excluding hydrogens is 330 g/mol. The van der Waals surface area contributed by atoms with E-state index in [1.165, 1.54) is 6.20 Å². The number of carbonyl (C=O) groups excluding carboxylic acids is 1. The van der Waals surface area contributed by atoms with Crippen molar-refractivity contribution in [2.45, 2.75) is 17.2 Å². The number of nitrogens with one attached hydrogen (secondary N) is 1. The molecule has 24 heavy (non-hydrogen) atoms. The van der Waals surface area contributed by atoms with E-state index in [1.807, 2.05) is 18.2 Å². The summed E-state index contributed by atoms with van der Waals surface area (Å²) in [4.78, 5) is 14.2. The van der Waals surface area contributed by atoms with Gasteiger partial charge in [0.2, 0.25) is 0 Å². The van der Waals surface area contributed by atoms with Crippen molar-refractivity contribution in [1.29, 1.82) is 0 Å².